The van der Waals surface area contributed by atoms with Gasteiger partial charge in [-0.2, -0.15) is 0 Å². The molecule has 0 saturated carbocycles. The van der Waals surface area contributed by atoms with E-state index in [1.54, 1.807) is 29.5 Å². The molecule has 9 aromatic carbocycles. The van der Waals surface area contributed by atoms with Crippen molar-refractivity contribution >= 4 is 75.1 Å². The Kier molecular flexibility index (Phi) is 5.26. The van der Waals surface area contributed by atoms with Crippen LogP contribution in [-0.2, 0) is 0 Å². The molecule has 0 bridgehead atoms. The van der Waals surface area contributed by atoms with Gasteiger partial charge in [0.05, 0.1) is 35.8 Å². The third kappa shape index (κ3) is 4.96. The first-order valence-electron chi connectivity index (χ1n) is 23.7. The average Bonchev–Trinajstić information content (AvgIpc) is 4.01. The highest BCUT2D eigenvalue weighted by Gasteiger charge is 2.20. The average molecular weight is 753 g/mol. The zero-order chi connectivity index (χ0) is 46.2. The zero-order valence-corrected chi connectivity index (χ0v) is 31.0. The summed E-state index contributed by atoms with van der Waals surface area (Å²) in [5.74, 6) is 0. The number of nitrogens with zero attached hydrogens (tertiary/aromatic N) is 2. The van der Waals surface area contributed by atoms with E-state index >= 15 is 0 Å². The number of hydrogen-bond acceptors (Lipinski definition) is 1. The van der Waals surface area contributed by atoms with Crippen LogP contribution in [0.5, 0.6) is 0 Å². The molecular weight excluding hydrogens is 709 g/mol. The van der Waals surface area contributed by atoms with Crippen LogP contribution in [-0.4, -0.2) is 9.13 Å². The molecule has 0 amide bonds. The fraction of sp³-hybridized carbons (Fsp3) is 0. The van der Waals surface area contributed by atoms with E-state index < -0.39 is 60.4 Å². The van der Waals surface area contributed by atoms with E-state index in [2.05, 4.69) is 94.1 Å². The summed E-state index contributed by atoms with van der Waals surface area (Å²) in [6.07, 6.45) is 0. The number of fused-ring (bicyclic) bond motifs is 9. The van der Waals surface area contributed by atoms with Crippen molar-refractivity contribution in [2.75, 3.05) is 0 Å². The van der Waals surface area contributed by atoms with E-state index in [0.717, 1.165) is 60.4 Å². The summed E-state index contributed by atoms with van der Waals surface area (Å²) in [5, 5.41) is 6.32. The lowest BCUT2D eigenvalue weighted by Gasteiger charge is -2.17. The fourth-order valence-corrected chi connectivity index (χ4v) is 9.77. The molecule has 3 aromatic heterocycles. The molecule has 3 heteroatoms. The van der Waals surface area contributed by atoms with Crippen molar-refractivity contribution in [3.05, 3.63) is 206 Å². The topological polar surface area (TPSA) is 9.86 Å². The normalized spacial score (nSPS) is 14.3. The molecule has 0 aliphatic rings. The summed E-state index contributed by atoms with van der Waals surface area (Å²) >= 11 is 1.75. The van der Waals surface area contributed by atoms with Gasteiger partial charge in [-0.15, -0.1) is 11.3 Å². The molecule has 0 aliphatic carbocycles. The largest absolute Gasteiger partial charge is 0.309 e. The maximum absolute atomic E-state index is 9.09. The van der Waals surface area contributed by atoms with Gasteiger partial charge in [0.2, 0.25) is 0 Å². The Morgan fingerprint density at radius 1 is 0.351 bits per heavy atom. The van der Waals surface area contributed by atoms with Crippen LogP contribution in [0.4, 0.5) is 0 Å². The maximum Gasteiger partial charge on any atom is 0.0629 e. The Labute approximate surface area is 347 Å². The Balaban J connectivity index is 1.20. The standard InChI is InChI=1S/C54H34N2S/c1-3-14-35(15-4-1)40-21-13-22-41(36-16-5-2-6-17-36)54(40)37-26-29-50-45(32-37)46-33-38(55-48-23-10-7-18-42(48)43-19-8-11-24-49(43)55)27-30-51(46)56(50)39-28-31-53-47(34-39)44-20-9-12-25-52(44)57-53/h1-34H/i1D,2D,3D,4D,5D,6D,14D,15D,16D,17D. The highest BCUT2D eigenvalue weighted by Crippen LogP contribution is 2.44. The van der Waals surface area contributed by atoms with E-state index in [0.29, 0.717) is 11.1 Å². The summed E-state index contributed by atoms with van der Waals surface area (Å²) in [7, 11) is 0. The first-order chi connectivity index (χ1) is 32.4. The molecular formula is C54H34N2S. The van der Waals surface area contributed by atoms with Gasteiger partial charge >= 0.3 is 0 Å². The van der Waals surface area contributed by atoms with Crippen molar-refractivity contribution in [1.29, 1.82) is 0 Å². The molecule has 0 aliphatic heterocycles. The van der Waals surface area contributed by atoms with Crippen molar-refractivity contribution in [3.63, 3.8) is 0 Å². The lowest BCUT2D eigenvalue weighted by atomic mass is 9.87. The minimum Gasteiger partial charge on any atom is -0.309 e. The van der Waals surface area contributed by atoms with Crippen LogP contribution in [0.2, 0.25) is 0 Å². The van der Waals surface area contributed by atoms with Gasteiger partial charge in [-0.1, -0.05) is 139 Å². The second kappa shape index (κ2) is 12.7. The van der Waals surface area contributed by atoms with Crippen LogP contribution in [0.15, 0.2) is 206 Å². The maximum atomic E-state index is 9.09. The van der Waals surface area contributed by atoms with Gasteiger partial charge < -0.3 is 9.13 Å². The minimum absolute atomic E-state index is 0.0670. The number of rotatable bonds is 5. The Bertz CT molecular complexity index is 3930. The van der Waals surface area contributed by atoms with Gasteiger partial charge in [-0.05, 0) is 100 Å². The molecule has 0 atom stereocenters. The minimum atomic E-state index is -0.538. The smallest absolute Gasteiger partial charge is 0.0629 e. The summed E-state index contributed by atoms with van der Waals surface area (Å²) in [4.78, 5) is 0. The number of para-hydroxylation sites is 2. The number of thiophene rings is 1. The molecule has 57 heavy (non-hydrogen) atoms. The van der Waals surface area contributed by atoms with Gasteiger partial charge in [-0.25, -0.2) is 0 Å². The summed E-state index contributed by atoms with van der Waals surface area (Å²) in [5.41, 5.74) is 7.09. The van der Waals surface area contributed by atoms with Gasteiger partial charge in [-0.3, -0.25) is 0 Å². The highest BCUT2D eigenvalue weighted by molar-refractivity contribution is 7.25. The van der Waals surface area contributed by atoms with Gasteiger partial charge in [0.15, 0.2) is 0 Å². The number of hydrogen-bond donors (Lipinski definition) is 0. The van der Waals surface area contributed by atoms with Crippen LogP contribution >= 0.6 is 11.3 Å². The highest BCUT2D eigenvalue weighted by atomic mass is 32.1. The van der Waals surface area contributed by atoms with Crippen molar-refractivity contribution in [2.24, 2.45) is 0 Å². The molecule has 0 radical (unpaired) electrons. The number of aromatic nitrogens is 2. The predicted molar refractivity (Wildman–Crippen MR) is 244 cm³/mol. The third-order valence-electron chi connectivity index (χ3n) is 11.1. The van der Waals surface area contributed by atoms with Crippen LogP contribution in [0.1, 0.15) is 13.7 Å². The molecule has 12 aromatic rings. The Morgan fingerprint density at radius 2 is 0.842 bits per heavy atom. The Hall–Kier alpha value is -7.20. The molecule has 12 rings (SSSR count). The van der Waals surface area contributed by atoms with Crippen LogP contribution in [0.25, 0.3) is 109 Å². The van der Waals surface area contributed by atoms with Crippen molar-refractivity contribution in [2.45, 2.75) is 0 Å². The lowest BCUT2D eigenvalue weighted by molar-refractivity contribution is 1.17. The molecule has 0 spiro atoms. The molecule has 0 saturated heterocycles. The molecule has 3 heterocycles. The van der Waals surface area contributed by atoms with Crippen LogP contribution in [0.3, 0.4) is 0 Å². The van der Waals surface area contributed by atoms with E-state index in [-0.39, 0.29) is 22.3 Å². The lowest BCUT2D eigenvalue weighted by Crippen LogP contribution is -1.95. The van der Waals surface area contributed by atoms with Crippen molar-refractivity contribution in [1.82, 2.24) is 9.13 Å². The SMILES string of the molecule is [2H]c1c([2H])c([2H])c(-c2cccc(-c3c([2H])c([2H])c([2H])c([2H])c3[2H])c2-c2ccc3c(c2)c2cc(-n4c5ccccc5c5ccccc54)ccc2n3-c2ccc3sc4ccccc4c3c2)c([2H])c1[2H]. The van der Waals surface area contributed by atoms with Gasteiger partial charge in [0.25, 0.3) is 0 Å². The quantitative estimate of drug-likeness (QED) is 0.166. The van der Waals surface area contributed by atoms with Crippen LogP contribution < -0.4 is 0 Å². The molecule has 0 fully saturated rings. The van der Waals surface area contributed by atoms with Crippen molar-refractivity contribution in [3.8, 4) is 44.8 Å². The van der Waals surface area contributed by atoms with E-state index in [4.69, 9.17) is 13.7 Å². The van der Waals surface area contributed by atoms with E-state index in [1.165, 1.54) is 14.8 Å². The summed E-state index contributed by atoms with van der Waals surface area (Å²) < 4.78 is 94.5. The molecule has 0 unspecified atom stereocenters. The van der Waals surface area contributed by atoms with Gasteiger partial charge in [0, 0.05) is 53.1 Å². The summed E-state index contributed by atoms with van der Waals surface area (Å²) in [6.45, 7) is 0. The third-order valence-corrected chi connectivity index (χ3v) is 12.2. The summed E-state index contributed by atoms with van der Waals surface area (Å²) in [6, 6.07) is 44.1. The fourth-order valence-electron chi connectivity index (χ4n) is 8.69. The molecule has 0 N–H and O–H groups in total. The van der Waals surface area contributed by atoms with Crippen molar-refractivity contribution < 1.29 is 13.7 Å². The first kappa shape index (κ1) is 23.7. The Morgan fingerprint density at radius 3 is 1.49 bits per heavy atom. The second-order valence-electron chi connectivity index (χ2n) is 14.1. The molecule has 266 valence electrons. The van der Waals surface area contributed by atoms with E-state index in [9.17, 15) is 0 Å². The zero-order valence-electron chi connectivity index (χ0n) is 40.2. The first-order valence-corrected chi connectivity index (χ1v) is 19.5. The van der Waals surface area contributed by atoms with Crippen LogP contribution in [0, 0.1) is 0 Å². The van der Waals surface area contributed by atoms with Gasteiger partial charge in [0.1, 0.15) is 0 Å². The van der Waals surface area contributed by atoms with E-state index in [1.807, 2.05) is 42.5 Å². The monoisotopic (exact) mass is 752 g/mol. The number of benzene rings is 9. The predicted octanol–water partition coefficient (Wildman–Crippen LogP) is 15.2. The second-order valence-corrected chi connectivity index (χ2v) is 15.2. The molecule has 2 nitrogen and oxygen atoms in total.